The SMILES string of the molecule is c1ccc(-c2cc(-c3ccccc3)cc(-c3ccc(-c4nc(-c5ccccc5)nc(-c5ccc(-c6ccc(-n7c8ccccc8c8c9ccccc9ccc87)cc6)cc5)n4)cc3)c2)cc1. The molecule has 0 saturated carbocycles. The van der Waals surface area contributed by atoms with E-state index >= 15 is 0 Å². The maximum atomic E-state index is 5.10. The van der Waals surface area contributed by atoms with Crippen LogP contribution in [0, 0.1) is 0 Å². The van der Waals surface area contributed by atoms with E-state index in [-0.39, 0.29) is 0 Å². The van der Waals surface area contributed by atoms with E-state index in [0.29, 0.717) is 17.5 Å². The van der Waals surface area contributed by atoms with Crippen molar-refractivity contribution < 1.29 is 0 Å². The van der Waals surface area contributed by atoms with Gasteiger partial charge in [-0.2, -0.15) is 0 Å². The molecule has 0 amide bonds. The van der Waals surface area contributed by atoms with Crippen LogP contribution in [-0.2, 0) is 0 Å². The Balaban J connectivity index is 0.872. The zero-order valence-corrected chi connectivity index (χ0v) is 35.4. The molecule has 2 aromatic heterocycles. The molecule has 0 unspecified atom stereocenters. The lowest BCUT2D eigenvalue weighted by Crippen LogP contribution is -2.00. The van der Waals surface area contributed by atoms with Gasteiger partial charge in [0, 0.05) is 33.2 Å². The fourth-order valence-corrected chi connectivity index (χ4v) is 9.18. The van der Waals surface area contributed by atoms with Crippen LogP contribution in [0.15, 0.2) is 243 Å². The van der Waals surface area contributed by atoms with Crippen molar-refractivity contribution in [3.05, 3.63) is 243 Å². The zero-order chi connectivity index (χ0) is 43.1. The molecular formula is C61H40N4. The summed E-state index contributed by atoms with van der Waals surface area (Å²) in [5, 5.41) is 5.07. The van der Waals surface area contributed by atoms with Crippen molar-refractivity contribution in [2.75, 3.05) is 0 Å². The Morgan fingerprint density at radius 3 is 1.14 bits per heavy atom. The molecule has 0 radical (unpaired) electrons. The van der Waals surface area contributed by atoms with Crippen molar-refractivity contribution >= 4 is 32.6 Å². The third-order valence-corrected chi connectivity index (χ3v) is 12.5. The molecule has 304 valence electrons. The van der Waals surface area contributed by atoms with E-state index in [1.54, 1.807) is 0 Å². The number of hydrogen-bond donors (Lipinski definition) is 0. The Labute approximate surface area is 377 Å². The molecule has 0 aliphatic rings. The van der Waals surface area contributed by atoms with Gasteiger partial charge in [-0.3, -0.25) is 0 Å². The Morgan fingerprint density at radius 1 is 0.246 bits per heavy atom. The van der Waals surface area contributed by atoms with Crippen molar-refractivity contribution in [2.24, 2.45) is 0 Å². The number of aromatic nitrogens is 4. The van der Waals surface area contributed by atoms with Crippen molar-refractivity contribution in [1.82, 2.24) is 19.5 Å². The molecule has 10 aromatic carbocycles. The highest BCUT2D eigenvalue weighted by atomic mass is 15.0. The molecule has 4 nitrogen and oxygen atoms in total. The maximum Gasteiger partial charge on any atom is 0.164 e. The van der Waals surface area contributed by atoms with Crippen LogP contribution in [0.25, 0.3) is 117 Å². The highest BCUT2D eigenvalue weighted by molar-refractivity contribution is 6.21. The molecule has 0 aliphatic heterocycles. The Kier molecular flexibility index (Phi) is 9.46. The first-order valence-electron chi connectivity index (χ1n) is 22.0. The first kappa shape index (κ1) is 38.0. The number of nitrogens with zero attached hydrogens (tertiary/aromatic N) is 4. The van der Waals surface area contributed by atoms with Crippen molar-refractivity contribution in [3.8, 4) is 84.4 Å². The minimum atomic E-state index is 0.626. The smallest absolute Gasteiger partial charge is 0.164 e. The number of rotatable bonds is 8. The molecule has 0 saturated heterocycles. The summed E-state index contributed by atoms with van der Waals surface area (Å²) in [6.45, 7) is 0. The average molecular weight is 829 g/mol. The Morgan fingerprint density at radius 2 is 0.615 bits per heavy atom. The van der Waals surface area contributed by atoms with Gasteiger partial charge in [-0.15, -0.1) is 0 Å². The monoisotopic (exact) mass is 828 g/mol. The predicted octanol–water partition coefficient (Wildman–Crippen LogP) is 15.8. The summed E-state index contributed by atoms with van der Waals surface area (Å²) in [5.41, 5.74) is 15.6. The van der Waals surface area contributed by atoms with Gasteiger partial charge in [0.2, 0.25) is 0 Å². The van der Waals surface area contributed by atoms with E-state index < -0.39 is 0 Å². The van der Waals surface area contributed by atoms with E-state index in [0.717, 1.165) is 44.6 Å². The highest BCUT2D eigenvalue weighted by Crippen LogP contribution is 2.38. The van der Waals surface area contributed by atoms with Crippen LogP contribution in [0.5, 0.6) is 0 Å². The molecular weight excluding hydrogens is 789 g/mol. The largest absolute Gasteiger partial charge is 0.309 e. The van der Waals surface area contributed by atoms with Crippen LogP contribution in [-0.4, -0.2) is 19.5 Å². The first-order chi connectivity index (χ1) is 32.2. The lowest BCUT2D eigenvalue weighted by molar-refractivity contribution is 1.07. The van der Waals surface area contributed by atoms with E-state index in [9.17, 15) is 0 Å². The zero-order valence-electron chi connectivity index (χ0n) is 35.4. The summed E-state index contributed by atoms with van der Waals surface area (Å²) in [4.78, 5) is 15.2. The van der Waals surface area contributed by atoms with Gasteiger partial charge >= 0.3 is 0 Å². The molecule has 4 heteroatoms. The normalized spacial score (nSPS) is 11.4. The van der Waals surface area contributed by atoms with Crippen molar-refractivity contribution in [3.63, 3.8) is 0 Å². The second kappa shape index (κ2) is 16.2. The quantitative estimate of drug-likeness (QED) is 0.153. The van der Waals surface area contributed by atoms with Gasteiger partial charge in [0.05, 0.1) is 11.0 Å². The molecule has 0 N–H and O–H groups in total. The lowest BCUT2D eigenvalue weighted by Gasteiger charge is -2.12. The molecule has 2 heterocycles. The third-order valence-electron chi connectivity index (χ3n) is 12.5. The van der Waals surface area contributed by atoms with E-state index in [2.05, 4.69) is 217 Å². The third kappa shape index (κ3) is 7.13. The fraction of sp³-hybridized carbons (Fsp3) is 0. The topological polar surface area (TPSA) is 43.6 Å². The number of benzene rings is 10. The predicted molar refractivity (Wildman–Crippen MR) is 270 cm³/mol. The highest BCUT2D eigenvalue weighted by Gasteiger charge is 2.16. The van der Waals surface area contributed by atoms with Crippen LogP contribution in [0.1, 0.15) is 0 Å². The first-order valence-corrected chi connectivity index (χ1v) is 22.0. The molecule has 0 bridgehead atoms. The number of fused-ring (bicyclic) bond motifs is 5. The molecule has 0 spiro atoms. The van der Waals surface area contributed by atoms with E-state index in [4.69, 9.17) is 15.0 Å². The summed E-state index contributed by atoms with van der Waals surface area (Å²) in [6.07, 6.45) is 0. The second-order valence-corrected chi connectivity index (χ2v) is 16.4. The van der Waals surface area contributed by atoms with Gasteiger partial charge in [-0.1, -0.05) is 200 Å². The minimum Gasteiger partial charge on any atom is -0.309 e. The molecule has 0 aliphatic carbocycles. The van der Waals surface area contributed by atoms with E-state index in [1.165, 1.54) is 54.8 Å². The Bertz CT molecular complexity index is 3600. The van der Waals surface area contributed by atoms with Crippen molar-refractivity contribution in [1.29, 1.82) is 0 Å². The summed E-state index contributed by atoms with van der Waals surface area (Å²) in [6, 6.07) is 85.9. The summed E-state index contributed by atoms with van der Waals surface area (Å²) < 4.78 is 2.38. The van der Waals surface area contributed by atoms with Gasteiger partial charge in [0.25, 0.3) is 0 Å². The van der Waals surface area contributed by atoms with Gasteiger partial charge < -0.3 is 4.57 Å². The van der Waals surface area contributed by atoms with E-state index in [1.807, 2.05) is 30.3 Å². The molecule has 65 heavy (non-hydrogen) atoms. The number of para-hydroxylation sites is 1. The molecule has 12 aromatic rings. The standard InChI is InChI=1S/C61H40N4/c1-4-14-41(15-5-1)50-38-51(42-16-6-2-7-17-42)40-52(39-50)45-26-30-49(31-27-45)61-63-59(47-19-8-3-9-20-47)62-60(64-61)48-28-24-43(25-29-48)44-32-35-53(36-33-44)65-56-23-13-12-22-55(56)58-54-21-11-10-18-46(54)34-37-57(58)65/h1-40H. The average Bonchev–Trinajstić information content (AvgIpc) is 3.74. The van der Waals surface area contributed by atoms with Crippen LogP contribution in [0.4, 0.5) is 0 Å². The summed E-state index contributed by atoms with van der Waals surface area (Å²) in [5.74, 6) is 1.89. The van der Waals surface area contributed by atoms with Gasteiger partial charge in [-0.25, -0.2) is 15.0 Å². The van der Waals surface area contributed by atoms with Crippen LogP contribution < -0.4 is 0 Å². The summed E-state index contributed by atoms with van der Waals surface area (Å²) >= 11 is 0. The fourth-order valence-electron chi connectivity index (χ4n) is 9.18. The van der Waals surface area contributed by atoms with Crippen LogP contribution >= 0.6 is 0 Å². The van der Waals surface area contributed by atoms with Gasteiger partial charge in [0.1, 0.15) is 0 Å². The van der Waals surface area contributed by atoms with Gasteiger partial charge in [0.15, 0.2) is 17.5 Å². The maximum absolute atomic E-state index is 5.10. The van der Waals surface area contributed by atoms with Crippen LogP contribution in [0.3, 0.4) is 0 Å². The molecule has 12 rings (SSSR count). The lowest BCUT2D eigenvalue weighted by atomic mass is 9.93. The second-order valence-electron chi connectivity index (χ2n) is 16.4. The molecule has 0 fully saturated rings. The summed E-state index contributed by atoms with van der Waals surface area (Å²) in [7, 11) is 0. The Hall–Kier alpha value is -8.73. The minimum absolute atomic E-state index is 0.626. The van der Waals surface area contributed by atoms with Gasteiger partial charge in [-0.05, 0) is 97.7 Å². The van der Waals surface area contributed by atoms with Crippen molar-refractivity contribution in [2.45, 2.75) is 0 Å². The van der Waals surface area contributed by atoms with Crippen LogP contribution in [0.2, 0.25) is 0 Å². The molecule has 0 atom stereocenters. The number of hydrogen-bond acceptors (Lipinski definition) is 3.